The summed E-state index contributed by atoms with van der Waals surface area (Å²) in [6.45, 7) is 4.60. The number of rotatable bonds is 13. The zero-order valence-corrected chi connectivity index (χ0v) is 15.7. The average molecular weight is 363 g/mol. The summed E-state index contributed by atoms with van der Waals surface area (Å²) in [5, 5.41) is 0. The van der Waals surface area contributed by atoms with Crippen LogP contribution in [0.3, 0.4) is 0 Å². The van der Waals surface area contributed by atoms with Crippen LogP contribution in [0.15, 0.2) is 0 Å². The summed E-state index contributed by atoms with van der Waals surface area (Å²) in [6.07, 6.45) is 1.41. The van der Waals surface area contributed by atoms with Gasteiger partial charge in [-0.3, -0.25) is 0 Å². The molecule has 0 spiro atoms. The minimum atomic E-state index is -3.86. The molecular formula is C10H26O6S2Si2. The first-order valence-electron chi connectivity index (χ1n) is 6.75. The Morgan fingerprint density at radius 2 is 1.25 bits per heavy atom. The molecule has 122 valence electrons. The molecule has 0 heterocycles. The summed E-state index contributed by atoms with van der Waals surface area (Å²) >= 11 is 0. The summed E-state index contributed by atoms with van der Waals surface area (Å²) in [5.41, 5.74) is 0. The maximum Gasteiger partial charge on any atom is 0.498 e. The van der Waals surface area contributed by atoms with Crippen LogP contribution in [-0.2, 0) is 8.85 Å². The summed E-state index contributed by atoms with van der Waals surface area (Å²) in [4.78, 5) is 36.6. The third-order valence-electron chi connectivity index (χ3n) is 2.28. The molecule has 0 radical (unpaired) electrons. The van der Waals surface area contributed by atoms with Gasteiger partial charge in [0.25, 0.3) is 0 Å². The van der Waals surface area contributed by atoms with Crippen molar-refractivity contribution >= 4 is 39.2 Å². The molecule has 0 amide bonds. The van der Waals surface area contributed by atoms with E-state index >= 15 is 0 Å². The zero-order chi connectivity index (χ0) is 15.5. The lowest BCUT2D eigenvalue weighted by molar-refractivity contribution is 0.108. The van der Waals surface area contributed by atoms with E-state index in [1.165, 1.54) is 0 Å². The SMILES string of the molecule is CCO[Si](O)(CCCSSCCC[Si](O)(O)O)OCC. The van der Waals surface area contributed by atoms with Gasteiger partial charge in [-0.15, -0.1) is 0 Å². The van der Waals surface area contributed by atoms with Crippen LogP contribution < -0.4 is 0 Å². The fourth-order valence-corrected chi connectivity index (χ4v) is 6.71. The molecule has 4 N–H and O–H groups in total. The lowest BCUT2D eigenvalue weighted by Crippen LogP contribution is -2.42. The van der Waals surface area contributed by atoms with E-state index in [4.69, 9.17) is 23.2 Å². The van der Waals surface area contributed by atoms with E-state index in [0.717, 1.165) is 17.9 Å². The van der Waals surface area contributed by atoms with Crippen molar-refractivity contribution in [3.8, 4) is 0 Å². The van der Waals surface area contributed by atoms with Gasteiger partial charge >= 0.3 is 17.6 Å². The second kappa shape index (κ2) is 11.5. The molecule has 0 bridgehead atoms. The van der Waals surface area contributed by atoms with Gasteiger partial charge in [-0.25, -0.2) is 0 Å². The second-order valence-electron chi connectivity index (χ2n) is 4.20. The van der Waals surface area contributed by atoms with Gasteiger partial charge in [0, 0.05) is 36.8 Å². The summed E-state index contributed by atoms with van der Waals surface area (Å²) in [6, 6.07) is 0.643. The first-order valence-corrected chi connectivity index (χ1v) is 13.3. The highest BCUT2D eigenvalue weighted by atomic mass is 33.1. The quantitative estimate of drug-likeness (QED) is 0.219. The van der Waals surface area contributed by atoms with E-state index in [1.807, 2.05) is 13.8 Å². The van der Waals surface area contributed by atoms with Gasteiger partial charge < -0.3 is 28.0 Å². The molecule has 0 aliphatic carbocycles. The van der Waals surface area contributed by atoms with Crippen LogP contribution in [0.25, 0.3) is 0 Å². The highest BCUT2D eigenvalue weighted by Gasteiger charge is 2.35. The Hall–Kier alpha value is 0.894. The fraction of sp³-hybridized carbons (Fsp3) is 1.00. The molecule has 0 aromatic heterocycles. The highest BCUT2D eigenvalue weighted by Crippen LogP contribution is 2.26. The van der Waals surface area contributed by atoms with Gasteiger partial charge in [-0.1, -0.05) is 21.6 Å². The van der Waals surface area contributed by atoms with Crippen molar-refractivity contribution < 1.29 is 28.0 Å². The molecule has 0 unspecified atom stereocenters. The molecule has 0 aromatic carbocycles. The van der Waals surface area contributed by atoms with Crippen molar-refractivity contribution in [1.82, 2.24) is 0 Å². The molecule has 20 heavy (non-hydrogen) atoms. The molecule has 0 atom stereocenters. The first kappa shape index (κ1) is 20.9. The minimum absolute atomic E-state index is 0.0852. The van der Waals surface area contributed by atoms with E-state index in [0.29, 0.717) is 25.7 Å². The Morgan fingerprint density at radius 1 is 0.800 bits per heavy atom. The van der Waals surface area contributed by atoms with Crippen LogP contribution in [0.2, 0.25) is 12.1 Å². The van der Waals surface area contributed by atoms with Crippen LogP contribution >= 0.6 is 21.6 Å². The minimum Gasteiger partial charge on any atom is -0.390 e. The molecule has 0 saturated heterocycles. The maximum atomic E-state index is 10.1. The van der Waals surface area contributed by atoms with Gasteiger partial charge in [0.05, 0.1) is 0 Å². The van der Waals surface area contributed by atoms with Gasteiger partial charge in [0.2, 0.25) is 0 Å². The third kappa shape index (κ3) is 12.6. The first-order chi connectivity index (χ1) is 9.33. The van der Waals surface area contributed by atoms with E-state index in [-0.39, 0.29) is 6.04 Å². The van der Waals surface area contributed by atoms with Crippen molar-refractivity contribution in [2.45, 2.75) is 38.8 Å². The smallest absolute Gasteiger partial charge is 0.390 e. The highest BCUT2D eigenvalue weighted by molar-refractivity contribution is 8.76. The van der Waals surface area contributed by atoms with Crippen LogP contribution in [0.1, 0.15) is 26.7 Å². The third-order valence-corrected chi connectivity index (χ3v) is 8.35. The van der Waals surface area contributed by atoms with Gasteiger partial charge in [-0.05, 0) is 26.7 Å². The predicted octanol–water partition coefficient (Wildman–Crippen LogP) is 1.07. The molecule has 0 fully saturated rings. The maximum absolute atomic E-state index is 10.1. The zero-order valence-electron chi connectivity index (χ0n) is 12.1. The summed E-state index contributed by atoms with van der Waals surface area (Å²) < 4.78 is 10.7. The van der Waals surface area contributed by atoms with Crippen LogP contribution in [0.4, 0.5) is 0 Å². The van der Waals surface area contributed by atoms with E-state index in [2.05, 4.69) is 0 Å². The van der Waals surface area contributed by atoms with Crippen molar-refractivity contribution in [2.75, 3.05) is 24.7 Å². The van der Waals surface area contributed by atoms with Crippen molar-refractivity contribution in [3.63, 3.8) is 0 Å². The van der Waals surface area contributed by atoms with Crippen LogP contribution in [0, 0.1) is 0 Å². The topological polar surface area (TPSA) is 99.4 Å². The molecule has 0 aliphatic rings. The van der Waals surface area contributed by atoms with Gasteiger partial charge in [0.15, 0.2) is 0 Å². The molecule has 0 aromatic rings. The van der Waals surface area contributed by atoms with Crippen LogP contribution in [0.5, 0.6) is 0 Å². The summed E-state index contributed by atoms with van der Waals surface area (Å²) in [5.74, 6) is 1.64. The Labute approximate surface area is 131 Å². The van der Waals surface area contributed by atoms with E-state index in [1.54, 1.807) is 21.6 Å². The van der Waals surface area contributed by atoms with E-state index < -0.39 is 17.6 Å². The number of hydrogen-bond donors (Lipinski definition) is 4. The molecular weight excluding hydrogens is 336 g/mol. The number of hydrogen-bond acceptors (Lipinski definition) is 8. The molecule has 0 saturated carbocycles. The Morgan fingerprint density at radius 3 is 1.65 bits per heavy atom. The normalized spacial score (nSPS) is 12.9. The van der Waals surface area contributed by atoms with Crippen LogP contribution in [-0.4, -0.2) is 61.5 Å². The lowest BCUT2D eigenvalue weighted by atomic mass is 10.6. The molecule has 6 nitrogen and oxygen atoms in total. The van der Waals surface area contributed by atoms with Crippen molar-refractivity contribution in [1.29, 1.82) is 0 Å². The molecule has 0 rings (SSSR count). The van der Waals surface area contributed by atoms with Crippen molar-refractivity contribution in [2.24, 2.45) is 0 Å². The van der Waals surface area contributed by atoms with Gasteiger partial charge in [-0.2, -0.15) is 0 Å². The Balaban J connectivity index is 3.55. The molecule has 10 heteroatoms. The van der Waals surface area contributed by atoms with Crippen molar-refractivity contribution in [3.05, 3.63) is 0 Å². The largest absolute Gasteiger partial charge is 0.498 e. The van der Waals surface area contributed by atoms with Gasteiger partial charge in [0.1, 0.15) is 0 Å². The second-order valence-corrected chi connectivity index (χ2v) is 11.5. The standard InChI is InChI=1S/C10H26O6S2Si2/c1-3-15-20(14,16-4-2)10-6-8-18-17-7-5-9-19(11,12)13/h11-14H,3-10H2,1-2H3. The average Bonchev–Trinajstić information content (AvgIpc) is 2.32. The Kier molecular flexibility index (Phi) is 12.0. The fourth-order valence-electron chi connectivity index (χ4n) is 1.48. The monoisotopic (exact) mass is 362 g/mol. The Bertz CT molecular complexity index is 236. The predicted molar refractivity (Wildman–Crippen MR) is 87.4 cm³/mol. The molecule has 0 aliphatic heterocycles. The summed E-state index contributed by atoms with van der Waals surface area (Å²) in [7, 11) is -3.53. The van der Waals surface area contributed by atoms with E-state index in [9.17, 15) is 4.80 Å². The lowest BCUT2D eigenvalue weighted by Gasteiger charge is -2.22.